The molecule has 0 unspecified atom stereocenters. The third-order valence-electron chi connectivity index (χ3n) is 3.40. The molecule has 0 amide bonds. The lowest BCUT2D eigenvalue weighted by atomic mass is 9.94. The zero-order chi connectivity index (χ0) is 13.2. The second kappa shape index (κ2) is 4.82. The number of halogens is 1. The first-order valence-corrected chi connectivity index (χ1v) is 6.27. The zero-order valence-electron chi connectivity index (χ0n) is 10.4. The molecule has 0 saturated heterocycles. The molecule has 0 radical (unpaired) electrons. The van der Waals surface area contributed by atoms with Gasteiger partial charge in [0, 0.05) is 11.9 Å². The highest BCUT2D eigenvalue weighted by molar-refractivity contribution is 5.97. The number of benzene rings is 3. The van der Waals surface area contributed by atoms with Gasteiger partial charge in [0.25, 0.3) is 0 Å². The van der Waals surface area contributed by atoms with Crippen molar-refractivity contribution in [2.24, 2.45) is 5.73 Å². The Labute approximate surface area is 111 Å². The van der Waals surface area contributed by atoms with E-state index in [2.05, 4.69) is 0 Å². The predicted octanol–water partition coefficient (Wildman–Crippen LogP) is 4.10. The molecular formula is C17H14FN. The highest BCUT2D eigenvalue weighted by atomic mass is 19.1. The standard InChI is InChI=1S/C17H14FN/c18-17-10-9-15(14-7-3-4-8-16(14)17)13-6-2-1-5-12(13)11-19/h1-10H,11,19H2. The topological polar surface area (TPSA) is 26.0 Å². The van der Waals surface area contributed by atoms with E-state index in [9.17, 15) is 4.39 Å². The first-order chi connectivity index (χ1) is 9.31. The lowest BCUT2D eigenvalue weighted by Gasteiger charge is -2.11. The van der Waals surface area contributed by atoms with Crippen LogP contribution in [0.5, 0.6) is 0 Å². The lowest BCUT2D eigenvalue weighted by molar-refractivity contribution is 0.640. The van der Waals surface area contributed by atoms with Crippen molar-refractivity contribution >= 4 is 10.8 Å². The normalized spacial score (nSPS) is 10.8. The van der Waals surface area contributed by atoms with E-state index >= 15 is 0 Å². The van der Waals surface area contributed by atoms with Gasteiger partial charge in [-0.1, -0.05) is 54.6 Å². The summed E-state index contributed by atoms with van der Waals surface area (Å²) in [5, 5.41) is 1.57. The second-order valence-corrected chi connectivity index (χ2v) is 4.50. The minimum atomic E-state index is -0.190. The van der Waals surface area contributed by atoms with Crippen molar-refractivity contribution < 1.29 is 4.39 Å². The molecule has 19 heavy (non-hydrogen) atoms. The smallest absolute Gasteiger partial charge is 0.131 e. The molecule has 3 aromatic carbocycles. The monoisotopic (exact) mass is 251 g/mol. The summed E-state index contributed by atoms with van der Waals surface area (Å²) in [5.41, 5.74) is 8.95. The van der Waals surface area contributed by atoms with Crippen molar-refractivity contribution in [3.05, 3.63) is 72.0 Å². The minimum Gasteiger partial charge on any atom is -0.326 e. The molecule has 0 fully saturated rings. The summed E-state index contributed by atoms with van der Waals surface area (Å²) >= 11 is 0. The van der Waals surface area contributed by atoms with Crippen LogP contribution >= 0.6 is 0 Å². The van der Waals surface area contributed by atoms with Gasteiger partial charge in [-0.2, -0.15) is 0 Å². The molecule has 1 nitrogen and oxygen atoms in total. The molecule has 0 saturated carbocycles. The SMILES string of the molecule is NCc1ccccc1-c1ccc(F)c2ccccc12. The van der Waals surface area contributed by atoms with Crippen LogP contribution < -0.4 is 5.73 Å². The number of rotatable bonds is 2. The fourth-order valence-electron chi connectivity index (χ4n) is 2.46. The number of hydrogen-bond acceptors (Lipinski definition) is 1. The number of nitrogens with two attached hydrogens (primary N) is 1. The first-order valence-electron chi connectivity index (χ1n) is 6.27. The van der Waals surface area contributed by atoms with E-state index in [0.29, 0.717) is 11.9 Å². The van der Waals surface area contributed by atoms with Crippen molar-refractivity contribution in [3.8, 4) is 11.1 Å². The van der Waals surface area contributed by atoms with E-state index in [1.807, 2.05) is 48.5 Å². The van der Waals surface area contributed by atoms with Gasteiger partial charge >= 0.3 is 0 Å². The minimum absolute atomic E-state index is 0.190. The maximum atomic E-state index is 13.8. The molecule has 94 valence electrons. The molecule has 0 aromatic heterocycles. The van der Waals surface area contributed by atoms with Crippen LogP contribution in [-0.4, -0.2) is 0 Å². The summed E-state index contributed by atoms with van der Waals surface area (Å²) in [5.74, 6) is -0.190. The molecule has 0 aliphatic heterocycles. The van der Waals surface area contributed by atoms with E-state index in [-0.39, 0.29) is 5.82 Å². The van der Waals surface area contributed by atoms with Crippen molar-refractivity contribution in [3.63, 3.8) is 0 Å². The third-order valence-corrected chi connectivity index (χ3v) is 3.40. The van der Waals surface area contributed by atoms with Gasteiger partial charge in [-0.15, -0.1) is 0 Å². The maximum Gasteiger partial charge on any atom is 0.131 e. The number of hydrogen-bond donors (Lipinski definition) is 1. The Morgan fingerprint density at radius 2 is 1.42 bits per heavy atom. The largest absolute Gasteiger partial charge is 0.326 e. The van der Waals surface area contributed by atoms with E-state index in [0.717, 1.165) is 22.1 Å². The van der Waals surface area contributed by atoms with Gasteiger partial charge in [0.15, 0.2) is 0 Å². The first kappa shape index (κ1) is 11.9. The van der Waals surface area contributed by atoms with Crippen molar-refractivity contribution in [2.45, 2.75) is 6.54 Å². The van der Waals surface area contributed by atoms with Crippen LogP contribution in [0.3, 0.4) is 0 Å². The van der Waals surface area contributed by atoms with E-state index in [1.54, 1.807) is 6.07 Å². The molecule has 0 bridgehead atoms. The molecule has 3 aromatic rings. The fourth-order valence-corrected chi connectivity index (χ4v) is 2.46. The Morgan fingerprint density at radius 3 is 2.21 bits per heavy atom. The molecule has 0 atom stereocenters. The predicted molar refractivity (Wildman–Crippen MR) is 77.2 cm³/mol. The van der Waals surface area contributed by atoms with E-state index in [1.165, 1.54) is 6.07 Å². The van der Waals surface area contributed by atoms with E-state index in [4.69, 9.17) is 5.73 Å². The number of fused-ring (bicyclic) bond motifs is 1. The molecule has 0 heterocycles. The molecule has 0 aliphatic rings. The average molecular weight is 251 g/mol. The summed E-state index contributed by atoms with van der Waals surface area (Å²) in [6, 6.07) is 18.9. The Kier molecular flexibility index (Phi) is 3.02. The lowest BCUT2D eigenvalue weighted by Crippen LogP contribution is -1.99. The average Bonchev–Trinajstić information content (AvgIpc) is 2.48. The Hall–Kier alpha value is -2.19. The van der Waals surface area contributed by atoms with Crippen molar-refractivity contribution in [2.75, 3.05) is 0 Å². The Bertz CT molecular complexity index is 734. The van der Waals surface area contributed by atoms with Gasteiger partial charge in [-0.3, -0.25) is 0 Å². The Balaban J connectivity index is 2.34. The van der Waals surface area contributed by atoms with Crippen LogP contribution in [0.2, 0.25) is 0 Å². The molecule has 2 heteroatoms. The van der Waals surface area contributed by atoms with Crippen molar-refractivity contribution in [1.29, 1.82) is 0 Å². The summed E-state index contributed by atoms with van der Waals surface area (Å²) in [4.78, 5) is 0. The fraction of sp³-hybridized carbons (Fsp3) is 0.0588. The molecule has 3 rings (SSSR count). The van der Waals surface area contributed by atoms with Crippen molar-refractivity contribution in [1.82, 2.24) is 0 Å². The molecular weight excluding hydrogens is 237 g/mol. The van der Waals surface area contributed by atoms with Gasteiger partial charge in [0.05, 0.1) is 0 Å². The van der Waals surface area contributed by atoms with Crippen LogP contribution in [0.15, 0.2) is 60.7 Å². The van der Waals surface area contributed by atoms with E-state index < -0.39 is 0 Å². The maximum absolute atomic E-state index is 13.8. The van der Waals surface area contributed by atoms with Gasteiger partial charge in [-0.25, -0.2) is 4.39 Å². The van der Waals surface area contributed by atoms with Crippen LogP contribution in [0, 0.1) is 5.82 Å². The third kappa shape index (κ3) is 2.00. The summed E-state index contributed by atoms with van der Waals surface area (Å²) < 4.78 is 13.8. The highest BCUT2D eigenvalue weighted by Crippen LogP contribution is 2.32. The van der Waals surface area contributed by atoms with Crippen LogP contribution in [0.25, 0.3) is 21.9 Å². The second-order valence-electron chi connectivity index (χ2n) is 4.50. The zero-order valence-corrected chi connectivity index (χ0v) is 10.4. The highest BCUT2D eigenvalue weighted by Gasteiger charge is 2.09. The van der Waals surface area contributed by atoms with Gasteiger partial charge in [-0.05, 0) is 28.1 Å². The van der Waals surface area contributed by atoms with Gasteiger partial charge in [0.2, 0.25) is 0 Å². The summed E-state index contributed by atoms with van der Waals surface area (Å²) in [7, 11) is 0. The summed E-state index contributed by atoms with van der Waals surface area (Å²) in [6.45, 7) is 0.474. The van der Waals surface area contributed by atoms with Gasteiger partial charge in [0.1, 0.15) is 5.82 Å². The van der Waals surface area contributed by atoms with Crippen LogP contribution in [-0.2, 0) is 6.54 Å². The van der Waals surface area contributed by atoms with Crippen LogP contribution in [0.4, 0.5) is 4.39 Å². The van der Waals surface area contributed by atoms with Crippen LogP contribution in [0.1, 0.15) is 5.56 Å². The summed E-state index contributed by atoms with van der Waals surface area (Å²) in [6.07, 6.45) is 0. The molecule has 0 spiro atoms. The quantitative estimate of drug-likeness (QED) is 0.729. The molecule has 0 aliphatic carbocycles. The van der Waals surface area contributed by atoms with Gasteiger partial charge < -0.3 is 5.73 Å². The molecule has 2 N–H and O–H groups in total. The Morgan fingerprint density at radius 1 is 0.737 bits per heavy atom.